The van der Waals surface area contributed by atoms with Gasteiger partial charge >= 0.3 is 0 Å². The number of aryl methyl sites for hydroxylation is 2. The van der Waals surface area contributed by atoms with E-state index in [0.29, 0.717) is 12.3 Å². The van der Waals surface area contributed by atoms with E-state index in [1.54, 1.807) is 11.8 Å². The van der Waals surface area contributed by atoms with Crippen LogP contribution in [-0.2, 0) is 4.79 Å². The van der Waals surface area contributed by atoms with Crippen LogP contribution in [-0.4, -0.2) is 31.3 Å². The Kier molecular flexibility index (Phi) is 6.58. The van der Waals surface area contributed by atoms with Crippen LogP contribution in [0.1, 0.15) is 30.4 Å². The highest BCUT2D eigenvalue weighted by Gasteiger charge is 2.13. The first-order valence-corrected chi connectivity index (χ1v) is 8.81. The number of carbonyl (C=O) groups excluding carboxylic acids is 1. The lowest BCUT2D eigenvalue weighted by Gasteiger charge is -2.22. The minimum Gasteiger partial charge on any atom is -0.356 e. The van der Waals surface area contributed by atoms with E-state index >= 15 is 0 Å². The highest BCUT2D eigenvalue weighted by atomic mass is 32.2. The average molecular weight is 306 g/mol. The Hall–Kier alpha value is -1.00. The lowest BCUT2D eigenvalue weighted by atomic mass is 10.00. The summed E-state index contributed by atoms with van der Waals surface area (Å²) < 4.78 is 0. The third kappa shape index (κ3) is 5.71. The van der Waals surface area contributed by atoms with Gasteiger partial charge in [0.15, 0.2) is 0 Å². The predicted octanol–water partition coefficient (Wildman–Crippen LogP) is 2.90. The van der Waals surface area contributed by atoms with Gasteiger partial charge in [-0.25, -0.2) is 0 Å². The summed E-state index contributed by atoms with van der Waals surface area (Å²) >= 11 is 1.76. The molecule has 0 radical (unpaired) electrons. The Morgan fingerprint density at radius 1 is 1.38 bits per heavy atom. The molecule has 1 aromatic rings. The number of amides is 1. The zero-order chi connectivity index (χ0) is 15.1. The number of thioether (sulfide) groups is 1. The molecule has 1 heterocycles. The molecule has 2 rings (SSSR count). The molecule has 0 bridgehead atoms. The normalized spacial score (nSPS) is 18.5. The third-order valence-corrected chi connectivity index (χ3v) is 5.06. The fourth-order valence-electron chi connectivity index (χ4n) is 2.51. The number of carbonyl (C=O) groups is 1. The largest absolute Gasteiger partial charge is 0.356 e. The molecule has 1 amide bonds. The summed E-state index contributed by atoms with van der Waals surface area (Å²) in [4.78, 5) is 13.1. The fraction of sp³-hybridized carbons (Fsp3) is 0.588. The van der Waals surface area contributed by atoms with Gasteiger partial charge in [0.1, 0.15) is 0 Å². The molecule has 1 aromatic carbocycles. The maximum atomic E-state index is 11.9. The van der Waals surface area contributed by atoms with Crippen LogP contribution < -0.4 is 10.6 Å². The summed E-state index contributed by atoms with van der Waals surface area (Å²) in [7, 11) is 0. The molecule has 0 aromatic heterocycles. The molecule has 2 N–H and O–H groups in total. The average Bonchev–Trinajstić information content (AvgIpc) is 2.50. The summed E-state index contributed by atoms with van der Waals surface area (Å²) in [5.74, 6) is 1.63. The molecule has 116 valence electrons. The second-order valence-corrected chi connectivity index (χ2v) is 7.03. The van der Waals surface area contributed by atoms with Gasteiger partial charge in [0.25, 0.3) is 0 Å². The molecule has 1 unspecified atom stereocenters. The summed E-state index contributed by atoms with van der Waals surface area (Å²) in [6.45, 7) is 7.23. The number of hydrogen-bond acceptors (Lipinski definition) is 3. The minimum atomic E-state index is 0.178. The van der Waals surface area contributed by atoms with Crippen LogP contribution >= 0.6 is 11.8 Å². The van der Waals surface area contributed by atoms with Crippen molar-refractivity contribution in [2.75, 3.05) is 25.4 Å². The van der Waals surface area contributed by atoms with Gasteiger partial charge in [0.2, 0.25) is 5.91 Å². The maximum absolute atomic E-state index is 11.9. The van der Waals surface area contributed by atoms with E-state index in [1.165, 1.54) is 28.9 Å². The maximum Gasteiger partial charge on any atom is 0.220 e. The van der Waals surface area contributed by atoms with E-state index in [-0.39, 0.29) is 5.91 Å². The van der Waals surface area contributed by atoms with Crippen molar-refractivity contribution in [2.24, 2.45) is 5.92 Å². The molecule has 1 saturated heterocycles. The van der Waals surface area contributed by atoms with Crippen LogP contribution in [0.15, 0.2) is 23.1 Å². The van der Waals surface area contributed by atoms with Crippen molar-refractivity contribution in [3.05, 3.63) is 29.3 Å². The van der Waals surface area contributed by atoms with Gasteiger partial charge in [-0.05, 0) is 69.0 Å². The van der Waals surface area contributed by atoms with Crippen molar-refractivity contribution < 1.29 is 4.79 Å². The van der Waals surface area contributed by atoms with E-state index < -0.39 is 0 Å². The van der Waals surface area contributed by atoms with Gasteiger partial charge in [-0.1, -0.05) is 6.07 Å². The van der Waals surface area contributed by atoms with E-state index in [2.05, 4.69) is 42.7 Å². The summed E-state index contributed by atoms with van der Waals surface area (Å²) in [5, 5.41) is 6.44. The topological polar surface area (TPSA) is 41.1 Å². The number of hydrogen-bond donors (Lipinski definition) is 2. The second kappa shape index (κ2) is 8.44. The van der Waals surface area contributed by atoms with E-state index in [1.807, 2.05) is 0 Å². The van der Waals surface area contributed by atoms with E-state index in [0.717, 1.165) is 25.4 Å². The zero-order valence-electron chi connectivity index (χ0n) is 13.1. The molecular weight excluding hydrogens is 280 g/mol. The molecule has 1 atom stereocenters. The number of piperidine rings is 1. The van der Waals surface area contributed by atoms with Gasteiger partial charge in [-0.15, -0.1) is 11.8 Å². The van der Waals surface area contributed by atoms with Gasteiger partial charge in [0, 0.05) is 23.6 Å². The minimum absolute atomic E-state index is 0.178. The van der Waals surface area contributed by atoms with Gasteiger partial charge in [-0.3, -0.25) is 4.79 Å². The molecule has 3 nitrogen and oxygen atoms in total. The second-order valence-electron chi connectivity index (χ2n) is 5.86. The number of rotatable bonds is 6. The fourth-order valence-corrected chi connectivity index (χ4v) is 3.46. The van der Waals surface area contributed by atoms with Crippen LogP contribution in [0.2, 0.25) is 0 Å². The molecule has 1 fully saturated rings. The molecule has 1 aliphatic heterocycles. The van der Waals surface area contributed by atoms with Crippen molar-refractivity contribution in [3.63, 3.8) is 0 Å². The van der Waals surface area contributed by atoms with Gasteiger partial charge in [-0.2, -0.15) is 0 Å². The van der Waals surface area contributed by atoms with Crippen LogP contribution in [0.5, 0.6) is 0 Å². The summed E-state index contributed by atoms with van der Waals surface area (Å²) in [5.41, 5.74) is 2.63. The Bertz CT molecular complexity index is 470. The molecule has 0 spiro atoms. The quantitative estimate of drug-likeness (QED) is 0.794. The molecule has 0 saturated carbocycles. The Morgan fingerprint density at radius 2 is 2.24 bits per heavy atom. The third-order valence-electron chi connectivity index (χ3n) is 4.06. The van der Waals surface area contributed by atoms with E-state index in [9.17, 15) is 4.79 Å². The van der Waals surface area contributed by atoms with Crippen LogP contribution in [0.3, 0.4) is 0 Å². The van der Waals surface area contributed by atoms with Crippen LogP contribution in [0.25, 0.3) is 0 Å². The van der Waals surface area contributed by atoms with Gasteiger partial charge in [0.05, 0.1) is 0 Å². The first-order valence-electron chi connectivity index (χ1n) is 7.82. The molecule has 0 aliphatic carbocycles. The molecular formula is C17H26N2OS. The van der Waals surface area contributed by atoms with Crippen molar-refractivity contribution in [1.29, 1.82) is 0 Å². The smallest absolute Gasteiger partial charge is 0.220 e. The van der Waals surface area contributed by atoms with E-state index in [4.69, 9.17) is 0 Å². The zero-order valence-corrected chi connectivity index (χ0v) is 13.9. The standard InChI is InChI=1S/C17H26N2OS/c1-13-5-6-16(10-14(13)2)21-9-7-17(20)19-12-15-4-3-8-18-11-15/h5-6,10,15,18H,3-4,7-9,11-12H2,1-2H3,(H,19,20). The molecule has 1 aliphatic rings. The molecule has 4 heteroatoms. The summed E-state index contributed by atoms with van der Waals surface area (Å²) in [6, 6.07) is 6.48. The van der Waals surface area contributed by atoms with Crippen molar-refractivity contribution in [3.8, 4) is 0 Å². The van der Waals surface area contributed by atoms with Crippen molar-refractivity contribution in [2.45, 2.75) is 38.0 Å². The van der Waals surface area contributed by atoms with Crippen molar-refractivity contribution in [1.82, 2.24) is 10.6 Å². The molecule has 21 heavy (non-hydrogen) atoms. The lowest BCUT2D eigenvalue weighted by Crippen LogP contribution is -2.38. The first-order chi connectivity index (χ1) is 10.1. The monoisotopic (exact) mass is 306 g/mol. The summed E-state index contributed by atoms with van der Waals surface area (Å²) in [6.07, 6.45) is 3.05. The lowest BCUT2D eigenvalue weighted by molar-refractivity contribution is -0.120. The SMILES string of the molecule is Cc1ccc(SCCC(=O)NCC2CCCNC2)cc1C. The predicted molar refractivity (Wildman–Crippen MR) is 89.9 cm³/mol. The van der Waals surface area contributed by atoms with Gasteiger partial charge < -0.3 is 10.6 Å². The highest BCUT2D eigenvalue weighted by molar-refractivity contribution is 7.99. The van der Waals surface area contributed by atoms with Crippen LogP contribution in [0, 0.1) is 19.8 Å². The highest BCUT2D eigenvalue weighted by Crippen LogP contribution is 2.21. The number of benzene rings is 1. The Morgan fingerprint density at radius 3 is 2.95 bits per heavy atom. The Balaban J connectivity index is 1.63. The Labute approximate surface area is 132 Å². The van der Waals surface area contributed by atoms with Crippen LogP contribution in [0.4, 0.5) is 0 Å². The first kappa shape index (κ1) is 16.4. The number of nitrogens with one attached hydrogen (secondary N) is 2. The van der Waals surface area contributed by atoms with Crippen molar-refractivity contribution >= 4 is 17.7 Å².